The summed E-state index contributed by atoms with van der Waals surface area (Å²) < 4.78 is 26.0. The van der Waals surface area contributed by atoms with Crippen LogP contribution in [0.4, 0.5) is 8.78 Å². The fourth-order valence-electron chi connectivity index (χ4n) is 3.91. The minimum absolute atomic E-state index is 0.0881. The van der Waals surface area contributed by atoms with E-state index in [0.717, 1.165) is 17.4 Å². The Morgan fingerprint density at radius 1 is 1.17 bits per heavy atom. The second kappa shape index (κ2) is 4.61. The first-order chi connectivity index (χ1) is 8.63. The fraction of sp³-hybridized carbons (Fsp3) is 0.600. The van der Waals surface area contributed by atoms with Crippen LogP contribution in [0.3, 0.4) is 0 Å². The summed E-state index contributed by atoms with van der Waals surface area (Å²) in [5, 5.41) is 0. The molecule has 3 heteroatoms. The molecule has 4 unspecified atom stereocenters. The predicted molar refractivity (Wildman–Crippen MR) is 67.0 cm³/mol. The first kappa shape index (κ1) is 12.1. The number of nitrogens with two attached hydrogens (primary N) is 1. The van der Waals surface area contributed by atoms with E-state index in [4.69, 9.17) is 5.73 Å². The number of hydrogen-bond acceptors (Lipinski definition) is 1. The molecule has 3 rings (SSSR count). The summed E-state index contributed by atoms with van der Waals surface area (Å²) in [7, 11) is 0. The third-order valence-corrected chi connectivity index (χ3v) is 4.80. The monoisotopic (exact) mass is 251 g/mol. The molecule has 1 aromatic carbocycles. The molecular formula is C15H19F2N. The van der Waals surface area contributed by atoms with Gasteiger partial charge >= 0.3 is 0 Å². The van der Waals surface area contributed by atoms with Crippen molar-refractivity contribution in [2.75, 3.05) is 0 Å². The van der Waals surface area contributed by atoms with E-state index in [1.165, 1.54) is 37.8 Å². The molecular weight excluding hydrogens is 232 g/mol. The summed E-state index contributed by atoms with van der Waals surface area (Å²) in [6, 6.07) is 4.21. The maximum Gasteiger partial charge on any atom is 0.159 e. The van der Waals surface area contributed by atoms with Gasteiger partial charge in [-0.2, -0.15) is 0 Å². The smallest absolute Gasteiger partial charge is 0.159 e. The second-order valence-electron chi connectivity index (χ2n) is 5.96. The van der Waals surface area contributed by atoms with Gasteiger partial charge in [0.05, 0.1) is 0 Å². The van der Waals surface area contributed by atoms with Gasteiger partial charge in [-0.05, 0) is 61.1 Å². The molecule has 98 valence electrons. The normalized spacial score (nSPS) is 31.8. The number of rotatable bonds is 3. The summed E-state index contributed by atoms with van der Waals surface area (Å²) in [4.78, 5) is 0. The molecule has 2 saturated carbocycles. The highest BCUT2D eigenvalue weighted by Gasteiger charge is 2.41. The van der Waals surface area contributed by atoms with Crippen LogP contribution in [-0.2, 0) is 6.42 Å². The van der Waals surface area contributed by atoms with Gasteiger partial charge in [0.1, 0.15) is 0 Å². The zero-order valence-electron chi connectivity index (χ0n) is 10.4. The molecule has 0 aliphatic heterocycles. The highest BCUT2D eigenvalue weighted by molar-refractivity contribution is 5.19. The topological polar surface area (TPSA) is 26.0 Å². The van der Waals surface area contributed by atoms with E-state index in [1.807, 2.05) is 0 Å². The van der Waals surface area contributed by atoms with Crippen LogP contribution in [0, 0.1) is 29.4 Å². The lowest BCUT2D eigenvalue weighted by atomic mass is 9.81. The van der Waals surface area contributed by atoms with E-state index in [2.05, 4.69) is 0 Å². The average molecular weight is 251 g/mol. The molecule has 18 heavy (non-hydrogen) atoms. The predicted octanol–water partition coefficient (Wildman–Crippen LogP) is 3.27. The van der Waals surface area contributed by atoms with Crippen molar-refractivity contribution in [3.8, 4) is 0 Å². The molecule has 2 fully saturated rings. The van der Waals surface area contributed by atoms with Crippen LogP contribution in [0.15, 0.2) is 18.2 Å². The fourth-order valence-corrected chi connectivity index (χ4v) is 3.91. The van der Waals surface area contributed by atoms with Crippen LogP contribution in [0.1, 0.15) is 31.2 Å². The largest absolute Gasteiger partial charge is 0.327 e. The Labute approximate surface area is 106 Å². The first-order valence-electron chi connectivity index (χ1n) is 6.83. The van der Waals surface area contributed by atoms with Gasteiger partial charge in [0.15, 0.2) is 11.6 Å². The zero-order chi connectivity index (χ0) is 12.7. The third kappa shape index (κ3) is 2.16. The van der Waals surface area contributed by atoms with Gasteiger partial charge < -0.3 is 5.73 Å². The minimum Gasteiger partial charge on any atom is -0.327 e. The van der Waals surface area contributed by atoms with E-state index in [9.17, 15) is 8.78 Å². The van der Waals surface area contributed by atoms with Crippen molar-refractivity contribution >= 4 is 0 Å². The molecule has 0 heterocycles. The second-order valence-corrected chi connectivity index (χ2v) is 5.96. The van der Waals surface area contributed by atoms with E-state index in [0.29, 0.717) is 12.3 Å². The Hall–Kier alpha value is -0.960. The van der Waals surface area contributed by atoms with Crippen molar-refractivity contribution < 1.29 is 8.78 Å². The molecule has 0 saturated heterocycles. The number of halogens is 2. The molecule has 2 aliphatic rings. The maximum atomic E-state index is 13.1. The molecule has 0 amide bonds. The van der Waals surface area contributed by atoms with Gasteiger partial charge in [0, 0.05) is 6.04 Å². The van der Waals surface area contributed by atoms with Crippen LogP contribution in [0.2, 0.25) is 0 Å². The van der Waals surface area contributed by atoms with Crippen molar-refractivity contribution in [3.05, 3.63) is 35.4 Å². The van der Waals surface area contributed by atoms with Gasteiger partial charge in [-0.15, -0.1) is 0 Å². The Balaban J connectivity index is 1.67. The highest BCUT2D eigenvalue weighted by Crippen LogP contribution is 2.49. The molecule has 0 radical (unpaired) electrons. The molecule has 0 spiro atoms. The summed E-state index contributed by atoms with van der Waals surface area (Å²) in [5.74, 6) is 0.669. The number of hydrogen-bond donors (Lipinski definition) is 1. The molecule has 1 aromatic rings. The van der Waals surface area contributed by atoms with Gasteiger partial charge in [-0.25, -0.2) is 8.78 Å². The van der Waals surface area contributed by atoms with Gasteiger partial charge in [-0.3, -0.25) is 0 Å². The van der Waals surface area contributed by atoms with Gasteiger partial charge in [0.2, 0.25) is 0 Å². The van der Waals surface area contributed by atoms with Crippen molar-refractivity contribution in [1.82, 2.24) is 0 Å². The molecule has 2 N–H and O–H groups in total. The number of benzene rings is 1. The van der Waals surface area contributed by atoms with E-state index in [-0.39, 0.29) is 6.04 Å². The maximum absolute atomic E-state index is 13.1. The minimum atomic E-state index is -0.785. The Kier molecular flexibility index (Phi) is 3.10. The molecule has 4 atom stereocenters. The lowest BCUT2D eigenvalue weighted by Crippen LogP contribution is -2.35. The Morgan fingerprint density at radius 3 is 2.61 bits per heavy atom. The quantitative estimate of drug-likeness (QED) is 0.876. The number of fused-ring (bicyclic) bond motifs is 2. The standard InChI is InChI=1S/C15H19F2N/c16-13-4-2-10(7-14(13)17)8-15(18)12-6-9-1-3-11(12)5-9/h2,4,7,9,11-12,15H,1,3,5-6,8,18H2. The van der Waals surface area contributed by atoms with Gasteiger partial charge in [-0.1, -0.05) is 12.5 Å². The van der Waals surface area contributed by atoms with E-state index < -0.39 is 11.6 Å². The van der Waals surface area contributed by atoms with Gasteiger partial charge in [0.25, 0.3) is 0 Å². The molecule has 1 nitrogen and oxygen atoms in total. The van der Waals surface area contributed by atoms with E-state index >= 15 is 0 Å². The van der Waals surface area contributed by atoms with Crippen LogP contribution in [0.25, 0.3) is 0 Å². The summed E-state index contributed by atoms with van der Waals surface area (Å²) >= 11 is 0. The lowest BCUT2D eigenvalue weighted by Gasteiger charge is -2.27. The SMILES string of the molecule is NC(Cc1ccc(F)c(F)c1)C1CC2CCC1C2. The summed E-state index contributed by atoms with van der Waals surface area (Å²) in [6.07, 6.45) is 5.89. The van der Waals surface area contributed by atoms with Crippen LogP contribution >= 0.6 is 0 Å². The molecule has 0 aromatic heterocycles. The third-order valence-electron chi connectivity index (χ3n) is 4.80. The zero-order valence-corrected chi connectivity index (χ0v) is 10.4. The Morgan fingerprint density at radius 2 is 2.00 bits per heavy atom. The van der Waals surface area contributed by atoms with Crippen molar-refractivity contribution in [2.24, 2.45) is 23.5 Å². The van der Waals surface area contributed by atoms with Crippen molar-refractivity contribution in [1.29, 1.82) is 0 Å². The highest BCUT2D eigenvalue weighted by atomic mass is 19.2. The molecule has 2 bridgehead atoms. The summed E-state index contributed by atoms with van der Waals surface area (Å²) in [6.45, 7) is 0. The van der Waals surface area contributed by atoms with Crippen molar-refractivity contribution in [3.63, 3.8) is 0 Å². The first-order valence-corrected chi connectivity index (χ1v) is 6.83. The lowest BCUT2D eigenvalue weighted by molar-refractivity contribution is 0.280. The van der Waals surface area contributed by atoms with Crippen LogP contribution in [0.5, 0.6) is 0 Å². The van der Waals surface area contributed by atoms with Crippen LogP contribution in [-0.4, -0.2) is 6.04 Å². The summed E-state index contributed by atoms with van der Waals surface area (Å²) in [5.41, 5.74) is 7.08. The van der Waals surface area contributed by atoms with Crippen molar-refractivity contribution in [2.45, 2.75) is 38.1 Å². The van der Waals surface area contributed by atoms with E-state index in [1.54, 1.807) is 6.07 Å². The van der Waals surface area contributed by atoms with Crippen LogP contribution < -0.4 is 5.73 Å². The average Bonchev–Trinajstić information content (AvgIpc) is 2.96. The molecule has 2 aliphatic carbocycles. The Bertz CT molecular complexity index is 446.